The fourth-order valence-corrected chi connectivity index (χ4v) is 5.41. The van der Waals surface area contributed by atoms with Gasteiger partial charge in [0.2, 0.25) is 0 Å². The van der Waals surface area contributed by atoms with Crippen molar-refractivity contribution in [2.24, 2.45) is 17.2 Å². The molecule has 3 N–H and O–H groups in total. The Kier molecular flexibility index (Phi) is 4.78. The average Bonchev–Trinajstić information content (AvgIpc) is 2.85. The van der Waals surface area contributed by atoms with Crippen LogP contribution >= 0.6 is 11.3 Å². The molecule has 5 nitrogen and oxygen atoms in total. The Labute approximate surface area is 140 Å². The van der Waals surface area contributed by atoms with Crippen LogP contribution in [0.15, 0.2) is 0 Å². The number of carbonyl (C=O) groups is 1. The summed E-state index contributed by atoms with van der Waals surface area (Å²) in [6, 6.07) is 0. The fraction of sp³-hybridized carbons (Fsp3) is 0.706. The van der Waals surface area contributed by atoms with E-state index in [1.54, 1.807) is 11.3 Å². The zero-order chi connectivity index (χ0) is 16.6. The average molecular weight is 339 g/mol. The second kappa shape index (κ2) is 6.51. The van der Waals surface area contributed by atoms with Crippen molar-refractivity contribution in [3.63, 3.8) is 0 Å². The van der Waals surface area contributed by atoms with E-state index in [-0.39, 0.29) is 17.3 Å². The number of nitrogens with two attached hydrogens (primary N) is 1. The van der Waals surface area contributed by atoms with Gasteiger partial charge in [-0.25, -0.2) is 10.7 Å². The van der Waals surface area contributed by atoms with Crippen LogP contribution in [0.5, 0.6) is 0 Å². The van der Waals surface area contributed by atoms with Crippen molar-refractivity contribution in [3.8, 4) is 0 Å². The minimum absolute atomic E-state index is 0.125. The molecule has 6 heteroatoms. The molecule has 2 atom stereocenters. The largest absolute Gasteiger partial charge is 0.478 e. The lowest BCUT2D eigenvalue weighted by Crippen LogP contribution is -2.31. The molecule has 1 fully saturated rings. The first-order chi connectivity index (χ1) is 10.9. The van der Waals surface area contributed by atoms with E-state index < -0.39 is 5.97 Å². The van der Waals surface area contributed by atoms with Crippen LogP contribution in [-0.4, -0.2) is 30.9 Å². The van der Waals surface area contributed by atoms with E-state index in [1.165, 1.54) is 4.88 Å². The molecule has 0 spiro atoms. The van der Waals surface area contributed by atoms with Crippen molar-refractivity contribution >= 4 is 17.3 Å². The molecule has 0 aromatic carbocycles. The molecule has 128 valence electrons. The summed E-state index contributed by atoms with van der Waals surface area (Å²) >= 11 is 1.69. The lowest BCUT2D eigenvalue weighted by Gasteiger charge is -2.31. The van der Waals surface area contributed by atoms with Crippen molar-refractivity contribution in [3.05, 3.63) is 20.9 Å². The van der Waals surface area contributed by atoms with Gasteiger partial charge in [-0.05, 0) is 36.7 Å². The van der Waals surface area contributed by atoms with Gasteiger partial charge in [0.05, 0.1) is 18.8 Å². The second-order valence-electron chi connectivity index (χ2n) is 7.45. The van der Waals surface area contributed by atoms with Gasteiger partial charge in [-0.3, -0.25) is 0 Å². The van der Waals surface area contributed by atoms with E-state index in [0.29, 0.717) is 25.4 Å². The molecule has 0 radical (unpaired) electrons. The topological polar surface area (TPSA) is 81.8 Å². The molecule has 2 heterocycles. The molecule has 1 saturated heterocycles. The summed E-state index contributed by atoms with van der Waals surface area (Å²) in [4.78, 5) is 19.1. The van der Waals surface area contributed by atoms with Crippen molar-refractivity contribution in [2.45, 2.75) is 45.4 Å². The van der Waals surface area contributed by atoms with Crippen molar-refractivity contribution in [1.29, 1.82) is 0 Å². The number of fused-ring (bicyclic) bond motifs is 1. The van der Waals surface area contributed by atoms with Crippen LogP contribution in [0.4, 0.5) is 0 Å². The highest BCUT2D eigenvalue weighted by Crippen LogP contribution is 2.46. The van der Waals surface area contributed by atoms with Gasteiger partial charge in [-0.1, -0.05) is 13.8 Å². The third-order valence-electron chi connectivity index (χ3n) is 5.14. The van der Waals surface area contributed by atoms with Gasteiger partial charge in [-0.2, -0.15) is 0 Å². The van der Waals surface area contributed by atoms with E-state index in [1.807, 2.05) is 0 Å². The predicted octanol–water partition coefficient (Wildman–Crippen LogP) is 2.97. The summed E-state index contributed by atoms with van der Waals surface area (Å²) in [6.45, 7) is 6.09. The molecule has 0 bridgehead atoms. The number of hydrogen-bond acceptors (Lipinski definition) is 5. The lowest BCUT2D eigenvalue weighted by molar-refractivity contribution is -0.00689. The third-order valence-corrected chi connectivity index (χ3v) is 6.56. The van der Waals surface area contributed by atoms with Crippen LogP contribution in [0.3, 0.4) is 0 Å². The Morgan fingerprint density at radius 3 is 3.00 bits per heavy atom. The summed E-state index contributed by atoms with van der Waals surface area (Å²) in [5, 5.41) is 9.85. The van der Waals surface area contributed by atoms with Crippen molar-refractivity contribution in [1.82, 2.24) is 0 Å². The lowest BCUT2D eigenvalue weighted by atomic mass is 9.75. The molecule has 1 aliphatic carbocycles. The van der Waals surface area contributed by atoms with E-state index >= 15 is 0 Å². The summed E-state index contributed by atoms with van der Waals surface area (Å²) in [6.07, 6.45) is 3.77. The van der Waals surface area contributed by atoms with Crippen molar-refractivity contribution in [2.75, 3.05) is 19.8 Å². The van der Waals surface area contributed by atoms with E-state index in [9.17, 15) is 9.90 Å². The van der Waals surface area contributed by atoms with Gasteiger partial charge in [0.15, 0.2) is 0 Å². The minimum Gasteiger partial charge on any atom is -0.478 e. The Hall–Kier alpha value is -0.950. The quantitative estimate of drug-likeness (QED) is 0.824. The van der Waals surface area contributed by atoms with Gasteiger partial charge in [0, 0.05) is 28.2 Å². The number of aromatic carboxylic acids is 1. The first-order valence-corrected chi connectivity index (χ1v) is 9.02. The van der Waals surface area contributed by atoms with Crippen LogP contribution in [-0.2, 0) is 22.4 Å². The number of carboxylic acid groups (broad SMARTS) is 1. The molecule has 2 aliphatic rings. The molecule has 0 amide bonds. The van der Waals surface area contributed by atoms with Gasteiger partial charge < -0.3 is 14.7 Å². The number of aryl methyl sites for hydroxylation is 1. The van der Waals surface area contributed by atoms with E-state index in [2.05, 4.69) is 13.8 Å². The van der Waals surface area contributed by atoms with Crippen LogP contribution in [0.2, 0.25) is 0 Å². The number of rotatable bonds is 4. The molecule has 1 aliphatic heterocycles. The molecule has 23 heavy (non-hydrogen) atoms. The first-order valence-electron chi connectivity index (χ1n) is 8.20. The molecule has 3 rings (SSSR count). The highest BCUT2D eigenvalue weighted by Gasteiger charge is 2.37. The van der Waals surface area contributed by atoms with E-state index in [4.69, 9.17) is 15.5 Å². The standard InChI is InChI=1S/C17H25NO4S/c1-17(2)5-3-13-12(7-17)14(16(19)20)15(23-13)11-4-6-21-8-10(11)9-22-18/h10-11H,3-9,18H2,1-2H3,(H,19,20)/t10-,11-/m0/s1. The van der Waals surface area contributed by atoms with Gasteiger partial charge in [-0.15, -0.1) is 11.3 Å². The van der Waals surface area contributed by atoms with Gasteiger partial charge in [0.1, 0.15) is 0 Å². The molecular weight excluding hydrogens is 314 g/mol. The maximum Gasteiger partial charge on any atom is 0.337 e. The zero-order valence-electron chi connectivity index (χ0n) is 13.8. The summed E-state index contributed by atoms with van der Waals surface area (Å²) < 4.78 is 5.54. The Bertz CT molecular complexity index is 594. The number of thiophene rings is 1. The Balaban J connectivity index is 2.02. The monoisotopic (exact) mass is 339 g/mol. The van der Waals surface area contributed by atoms with Crippen LogP contribution in [0, 0.1) is 11.3 Å². The smallest absolute Gasteiger partial charge is 0.337 e. The minimum atomic E-state index is -0.797. The summed E-state index contributed by atoms with van der Waals surface area (Å²) in [5.41, 5.74) is 1.78. The summed E-state index contributed by atoms with van der Waals surface area (Å²) in [7, 11) is 0. The molecule has 0 saturated carbocycles. The predicted molar refractivity (Wildman–Crippen MR) is 88.9 cm³/mol. The number of carboxylic acids is 1. The first kappa shape index (κ1) is 16.9. The van der Waals surface area contributed by atoms with Gasteiger partial charge >= 0.3 is 5.97 Å². The Morgan fingerprint density at radius 1 is 1.52 bits per heavy atom. The third kappa shape index (κ3) is 3.31. The number of ether oxygens (including phenoxy) is 1. The van der Waals surface area contributed by atoms with Gasteiger partial charge in [0.25, 0.3) is 0 Å². The second-order valence-corrected chi connectivity index (χ2v) is 8.59. The van der Waals surface area contributed by atoms with Crippen molar-refractivity contribution < 1.29 is 19.5 Å². The van der Waals surface area contributed by atoms with E-state index in [0.717, 1.165) is 36.1 Å². The fourth-order valence-electron chi connectivity index (χ4n) is 3.87. The number of hydrogen-bond donors (Lipinski definition) is 2. The highest BCUT2D eigenvalue weighted by molar-refractivity contribution is 7.12. The summed E-state index contributed by atoms with van der Waals surface area (Å²) in [5.74, 6) is 4.75. The molecular formula is C17H25NO4S. The molecule has 1 aromatic heterocycles. The van der Waals surface area contributed by atoms with Crippen LogP contribution < -0.4 is 5.90 Å². The Morgan fingerprint density at radius 2 is 2.30 bits per heavy atom. The maximum atomic E-state index is 12.0. The zero-order valence-corrected chi connectivity index (χ0v) is 14.6. The van der Waals surface area contributed by atoms with Crippen LogP contribution in [0.1, 0.15) is 58.3 Å². The SMILES string of the molecule is CC1(C)CCc2sc([C@H]3CCOC[C@H]3CON)c(C(=O)O)c2C1. The maximum absolute atomic E-state index is 12.0. The van der Waals surface area contributed by atoms with Crippen LogP contribution in [0.25, 0.3) is 0 Å². The highest BCUT2D eigenvalue weighted by atomic mass is 32.1. The molecule has 0 unspecified atom stereocenters. The molecule has 1 aromatic rings. The normalized spacial score (nSPS) is 26.7.